The molecule has 0 aliphatic carbocycles. The van der Waals surface area contributed by atoms with Gasteiger partial charge < -0.3 is 5.11 Å². The second kappa shape index (κ2) is 5.96. The molecule has 2 aromatic carbocycles. The Morgan fingerprint density at radius 2 is 1.74 bits per heavy atom. The van der Waals surface area contributed by atoms with E-state index < -0.39 is 17.6 Å². The Morgan fingerprint density at radius 3 is 2.35 bits per heavy atom. The van der Waals surface area contributed by atoms with Crippen LogP contribution in [-0.4, -0.2) is 26.1 Å². The predicted octanol–water partition coefficient (Wildman–Crippen LogP) is 2.97. The molecule has 1 heterocycles. The Hall–Kier alpha value is -3.09. The quantitative estimate of drug-likeness (QED) is 0.803. The van der Waals surface area contributed by atoms with E-state index in [1.165, 1.54) is 4.68 Å². The molecule has 7 heteroatoms. The fraction of sp³-hybridized carbons (Fsp3) is 0.0625. The fourth-order valence-corrected chi connectivity index (χ4v) is 2.30. The highest BCUT2D eigenvalue weighted by Crippen LogP contribution is 2.25. The summed E-state index contributed by atoms with van der Waals surface area (Å²) >= 11 is 0. The molecule has 0 unspecified atom stereocenters. The van der Waals surface area contributed by atoms with Crippen LogP contribution in [0.3, 0.4) is 0 Å². The number of carboxylic acid groups (broad SMARTS) is 1. The Kier molecular flexibility index (Phi) is 3.84. The van der Waals surface area contributed by atoms with E-state index in [1.54, 1.807) is 0 Å². The molecule has 0 radical (unpaired) electrons. The van der Waals surface area contributed by atoms with E-state index in [1.807, 2.05) is 30.3 Å². The van der Waals surface area contributed by atoms with Crippen LogP contribution in [0.5, 0.6) is 0 Å². The summed E-state index contributed by atoms with van der Waals surface area (Å²) in [5, 5.41) is 16.7. The van der Waals surface area contributed by atoms with Gasteiger partial charge in [0.05, 0.1) is 6.54 Å². The molecule has 5 nitrogen and oxygen atoms in total. The first-order chi connectivity index (χ1) is 11.0. The van der Waals surface area contributed by atoms with Crippen LogP contribution in [-0.2, 0) is 6.54 Å². The number of hydrogen-bond donors (Lipinski definition) is 1. The van der Waals surface area contributed by atoms with Crippen LogP contribution in [0, 0.1) is 11.6 Å². The molecule has 0 fully saturated rings. The van der Waals surface area contributed by atoms with Gasteiger partial charge in [-0.05, 0) is 17.7 Å². The molecule has 0 aliphatic rings. The normalized spacial score (nSPS) is 10.7. The highest BCUT2D eigenvalue weighted by Gasteiger charge is 2.21. The number of carbonyl (C=O) groups is 1. The van der Waals surface area contributed by atoms with Gasteiger partial charge in [-0.3, -0.25) is 0 Å². The number of aromatic nitrogens is 3. The lowest BCUT2D eigenvalue weighted by Crippen LogP contribution is -2.06. The smallest absolute Gasteiger partial charge is 0.358 e. The van der Waals surface area contributed by atoms with Crippen molar-refractivity contribution in [1.29, 1.82) is 0 Å². The van der Waals surface area contributed by atoms with Crippen molar-refractivity contribution in [1.82, 2.24) is 15.0 Å². The molecular formula is C16H11F2N3O2. The molecule has 0 amide bonds. The maximum atomic E-state index is 13.5. The van der Waals surface area contributed by atoms with Crippen molar-refractivity contribution in [3.63, 3.8) is 0 Å². The third kappa shape index (κ3) is 3.08. The molecule has 0 bridgehead atoms. The van der Waals surface area contributed by atoms with Gasteiger partial charge in [0.15, 0.2) is 5.69 Å². The number of aromatic carboxylic acids is 1. The Labute approximate surface area is 129 Å². The number of nitrogens with zero attached hydrogens (tertiary/aromatic N) is 3. The van der Waals surface area contributed by atoms with Crippen molar-refractivity contribution in [2.45, 2.75) is 6.54 Å². The predicted molar refractivity (Wildman–Crippen MR) is 77.9 cm³/mol. The highest BCUT2D eigenvalue weighted by atomic mass is 19.1. The fourth-order valence-electron chi connectivity index (χ4n) is 2.30. The Balaban J connectivity index is 2.13. The van der Waals surface area contributed by atoms with Crippen molar-refractivity contribution in [3.8, 4) is 11.3 Å². The van der Waals surface area contributed by atoms with E-state index in [0.29, 0.717) is 0 Å². The van der Waals surface area contributed by atoms with E-state index in [-0.39, 0.29) is 23.5 Å². The lowest BCUT2D eigenvalue weighted by atomic mass is 10.1. The summed E-state index contributed by atoms with van der Waals surface area (Å²) in [6, 6.07) is 12.0. The van der Waals surface area contributed by atoms with Gasteiger partial charge in [-0.1, -0.05) is 35.5 Å². The summed E-state index contributed by atoms with van der Waals surface area (Å²) in [6.45, 7) is 0.231. The second-order valence-corrected chi connectivity index (χ2v) is 4.89. The summed E-state index contributed by atoms with van der Waals surface area (Å²) in [6.07, 6.45) is 0. The van der Waals surface area contributed by atoms with Gasteiger partial charge in [0.2, 0.25) is 0 Å². The molecule has 1 aromatic heterocycles. The zero-order valence-corrected chi connectivity index (χ0v) is 11.8. The lowest BCUT2D eigenvalue weighted by molar-refractivity contribution is 0.0691. The SMILES string of the molecule is O=C(O)c1nnn(Cc2ccccc2)c1-c1cc(F)cc(F)c1. The third-order valence-corrected chi connectivity index (χ3v) is 3.25. The average Bonchev–Trinajstić information content (AvgIpc) is 2.91. The van der Waals surface area contributed by atoms with Crippen LogP contribution < -0.4 is 0 Å². The van der Waals surface area contributed by atoms with Crippen molar-refractivity contribution in [2.75, 3.05) is 0 Å². The van der Waals surface area contributed by atoms with E-state index in [9.17, 15) is 18.7 Å². The third-order valence-electron chi connectivity index (χ3n) is 3.25. The van der Waals surface area contributed by atoms with Crippen molar-refractivity contribution in [3.05, 3.63) is 71.4 Å². The van der Waals surface area contributed by atoms with E-state index in [2.05, 4.69) is 10.3 Å². The van der Waals surface area contributed by atoms with Gasteiger partial charge in [0.1, 0.15) is 17.3 Å². The first-order valence-electron chi connectivity index (χ1n) is 6.72. The van der Waals surface area contributed by atoms with Crippen LogP contribution >= 0.6 is 0 Å². The van der Waals surface area contributed by atoms with E-state index in [0.717, 1.165) is 23.8 Å². The largest absolute Gasteiger partial charge is 0.476 e. The standard InChI is InChI=1S/C16H11F2N3O2/c17-12-6-11(7-13(18)8-12)15-14(16(22)23)19-20-21(15)9-10-4-2-1-3-5-10/h1-8H,9H2,(H,22,23). The molecule has 3 rings (SSSR count). The molecule has 3 aromatic rings. The number of halogens is 2. The lowest BCUT2D eigenvalue weighted by Gasteiger charge is -2.08. The molecule has 0 atom stereocenters. The minimum absolute atomic E-state index is 0.0553. The van der Waals surface area contributed by atoms with Gasteiger partial charge in [0.25, 0.3) is 0 Å². The Bertz CT molecular complexity index is 843. The summed E-state index contributed by atoms with van der Waals surface area (Å²) in [5.74, 6) is -2.92. The number of carboxylic acids is 1. The van der Waals surface area contributed by atoms with Crippen molar-refractivity contribution in [2.24, 2.45) is 0 Å². The second-order valence-electron chi connectivity index (χ2n) is 4.89. The number of benzene rings is 2. The van der Waals surface area contributed by atoms with Gasteiger partial charge in [-0.15, -0.1) is 5.10 Å². The summed E-state index contributed by atoms with van der Waals surface area (Å²) in [5.41, 5.74) is 0.624. The monoisotopic (exact) mass is 315 g/mol. The summed E-state index contributed by atoms with van der Waals surface area (Å²) in [7, 11) is 0. The minimum atomic E-state index is -1.32. The van der Waals surface area contributed by atoms with Crippen LogP contribution in [0.4, 0.5) is 8.78 Å². The number of hydrogen-bond acceptors (Lipinski definition) is 3. The summed E-state index contributed by atoms with van der Waals surface area (Å²) < 4.78 is 28.3. The molecule has 0 spiro atoms. The zero-order valence-electron chi connectivity index (χ0n) is 11.8. The van der Waals surface area contributed by atoms with Crippen molar-refractivity contribution < 1.29 is 18.7 Å². The average molecular weight is 315 g/mol. The summed E-state index contributed by atoms with van der Waals surface area (Å²) in [4.78, 5) is 11.3. The zero-order chi connectivity index (χ0) is 16.4. The maximum absolute atomic E-state index is 13.5. The first-order valence-corrected chi connectivity index (χ1v) is 6.72. The minimum Gasteiger partial charge on any atom is -0.476 e. The molecule has 0 aliphatic heterocycles. The molecule has 116 valence electrons. The van der Waals surface area contributed by atoms with E-state index in [4.69, 9.17) is 0 Å². The highest BCUT2D eigenvalue weighted by molar-refractivity contribution is 5.92. The maximum Gasteiger partial charge on any atom is 0.358 e. The number of rotatable bonds is 4. The molecule has 0 saturated heterocycles. The van der Waals surface area contributed by atoms with Crippen LogP contribution in [0.25, 0.3) is 11.3 Å². The topological polar surface area (TPSA) is 68.0 Å². The van der Waals surface area contributed by atoms with Gasteiger partial charge in [0, 0.05) is 11.6 Å². The molecular weight excluding hydrogens is 304 g/mol. The van der Waals surface area contributed by atoms with E-state index >= 15 is 0 Å². The molecule has 0 saturated carbocycles. The van der Waals surface area contributed by atoms with Gasteiger partial charge in [-0.25, -0.2) is 18.3 Å². The van der Waals surface area contributed by atoms with Crippen LogP contribution in [0.1, 0.15) is 16.1 Å². The molecule has 1 N–H and O–H groups in total. The van der Waals surface area contributed by atoms with Gasteiger partial charge in [-0.2, -0.15) is 0 Å². The first kappa shape index (κ1) is 14.8. The van der Waals surface area contributed by atoms with Crippen LogP contribution in [0.15, 0.2) is 48.5 Å². The van der Waals surface area contributed by atoms with Crippen molar-refractivity contribution >= 4 is 5.97 Å². The Morgan fingerprint density at radius 1 is 1.09 bits per heavy atom. The van der Waals surface area contributed by atoms with Gasteiger partial charge >= 0.3 is 5.97 Å². The molecule has 23 heavy (non-hydrogen) atoms. The van der Waals surface area contributed by atoms with Crippen LogP contribution in [0.2, 0.25) is 0 Å².